The minimum Gasteiger partial charge on any atom is -0.134 e. The standard InChI is InChI=1S/C6H7PS3/c8-7(9)10-6-4-2-1-3-5-6/h1-5,7H,(H,8,9). The fraction of sp³-hybridized carbons (Fsp3) is 0. The van der Waals surface area contributed by atoms with Crippen molar-refractivity contribution in [3.8, 4) is 0 Å². The molecule has 54 valence electrons. The van der Waals surface area contributed by atoms with E-state index in [2.05, 4.69) is 24.4 Å². The average Bonchev–Trinajstić information content (AvgIpc) is 1.88. The summed E-state index contributed by atoms with van der Waals surface area (Å²) < 4.78 is 0. The molecule has 0 aromatic heterocycles. The molecule has 10 heavy (non-hydrogen) atoms. The van der Waals surface area contributed by atoms with E-state index in [0.29, 0.717) is 0 Å². The van der Waals surface area contributed by atoms with Gasteiger partial charge >= 0.3 is 0 Å². The maximum Gasteiger partial charge on any atom is 0.0470 e. The Balaban J connectivity index is 2.67. The predicted octanol–water partition coefficient (Wildman–Crippen LogP) is 3.21. The summed E-state index contributed by atoms with van der Waals surface area (Å²) >= 11 is 10.9. The van der Waals surface area contributed by atoms with Crippen molar-refractivity contribution in [1.82, 2.24) is 0 Å². The zero-order chi connectivity index (χ0) is 7.40. The molecule has 4 heteroatoms. The molecule has 0 radical (unpaired) electrons. The van der Waals surface area contributed by atoms with Gasteiger partial charge in [-0.25, -0.2) is 0 Å². The highest BCUT2D eigenvalue weighted by molar-refractivity contribution is 8.90. The highest BCUT2D eigenvalue weighted by Gasteiger charge is 1.90. The fourth-order valence-electron chi connectivity index (χ4n) is 0.589. The summed E-state index contributed by atoms with van der Waals surface area (Å²) in [5.41, 5.74) is 0. The second-order valence-electron chi connectivity index (χ2n) is 1.68. The minimum atomic E-state index is -0.893. The molecule has 0 aliphatic heterocycles. The second kappa shape index (κ2) is 4.45. The summed E-state index contributed by atoms with van der Waals surface area (Å²) in [6, 6.07) is 10.1. The monoisotopic (exact) mass is 206 g/mol. The van der Waals surface area contributed by atoms with Gasteiger partial charge in [0.25, 0.3) is 0 Å². The first-order valence-electron chi connectivity index (χ1n) is 2.75. The van der Waals surface area contributed by atoms with Crippen LogP contribution in [0.15, 0.2) is 35.2 Å². The number of thiol groups is 1. The summed E-state index contributed by atoms with van der Waals surface area (Å²) in [6.07, 6.45) is 0. The van der Waals surface area contributed by atoms with Crippen LogP contribution in [-0.4, -0.2) is 0 Å². The smallest absolute Gasteiger partial charge is 0.0470 e. The zero-order valence-corrected chi connectivity index (χ0v) is 8.68. The van der Waals surface area contributed by atoms with Gasteiger partial charge in [0.05, 0.1) is 0 Å². The lowest BCUT2D eigenvalue weighted by Crippen LogP contribution is -1.61. The lowest BCUT2D eigenvalue weighted by atomic mass is 10.4. The van der Waals surface area contributed by atoms with E-state index in [1.165, 1.54) is 4.90 Å². The Morgan fingerprint density at radius 3 is 2.40 bits per heavy atom. The van der Waals surface area contributed by atoms with Crippen molar-refractivity contribution >= 4 is 40.5 Å². The number of hydrogen-bond donors (Lipinski definition) is 1. The Morgan fingerprint density at radius 1 is 1.30 bits per heavy atom. The van der Waals surface area contributed by atoms with Crippen LogP contribution in [0.2, 0.25) is 0 Å². The maximum atomic E-state index is 4.99. The van der Waals surface area contributed by atoms with Crippen LogP contribution in [0.3, 0.4) is 0 Å². The molecule has 0 saturated heterocycles. The van der Waals surface area contributed by atoms with Crippen molar-refractivity contribution in [3.63, 3.8) is 0 Å². The third-order valence-electron chi connectivity index (χ3n) is 0.948. The molecule has 0 saturated carbocycles. The van der Waals surface area contributed by atoms with Gasteiger partial charge in [-0.15, -0.1) is 12.2 Å². The topological polar surface area (TPSA) is 0 Å². The predicted molar refractivity (Wildman–Crippen MR) is 57.0 cm³/mol. The van der Waals surface area contributed by atoms with Gasteiger partial charge in [-0.05, 0) is 12.1 Å². The average molecular weight is 206 g/mol. The third kappa shape index (κ3) is 3.11. The van der Waals surface area contributed by atoms with Crippen LogP contribution in [0.5, 0.6) is 0 Å². The van der Waals surface area contributed by atoms with Crippen LogP contribution in [0.1, 0.15) is 0 Å². The normalized spacial score (nSPS) is 12.9. The number of benzene rings is 1. The van der Waals surface area contributed by atoms with E-state index < -0.39 is 5.10 Å². The first-order valence-corrected chi connectivity index (χ1v) is 8.21. The van der Waals surface area contributed by atoms with Crippen LogP contribution in [0.25, 0.3) is 0 Å². The lowest BCUT2D eigenvalue weighted by molar-refractivity contribution is 1.48. The molecule has 0 N–H and O–H groups in total. The molecule has 1 aromatic rings. The van der Waals surface area contributed by atoms with Crippen LogP contribution in [0, 0.1) is 0 Å². The molecule has 0 bridgehead atoms. The van der Waals surface area contributed by atoms with Gasteiger partial charge in [-0.1, -0.05) is 41.4 Å². The van der Waals surface area contributed by atoms with Crippen LogP contribution in [-0.2, 0) is 11.8 Å². The number of rotatable bonds is 2. The SMILES string of the molecule is S=[PH](S)Sc1ccccc1. The molecular formula is C6H7PS3. The third-order valence-corrected chi connectivity index (χ3v) is 4.43. The van der Waals surface area contributed by atoms with E-state index in [1.807, 2.05) is 18.2 Å². The summed E-state index contributed by atoms with van der Waals surface area (Å²) in [7, 11) is 0. The van der Waals surface area contributed by atoms with E-state index in [0.717, 1.165) is 0 Å². The molecule has 0 aliphatic carbocycles. The van der Waals surface area contributed by atoms with E-state index in [-0.39, 0.29) is 0 Å². The molecule has 1 aromatic carbocycles. The van der Waals surface area contributed by atoms with Crippen molar-refractivity contribution < 1.29 is 0 Å². The van der Waals surface area contributed by atoms with E-state index in [9.17, 15) is 0 Å². The van der Waals surface area contributed by atoms with Gasteiger partial charge in [0.15, 0.2) is 0 Å². The van der Waals surface area contributed by atoms with Gasteiger partial charge in [-0.3, -0.25) is 0 Å². The molecule has 1 atom stereocenters. The molecule has 0 fully saturated rings. The van der Waals surface area contributed by atoms with E-state index in [1.54, 1.807) is 11.4 Å². The largest absolute Gasteiger partial charge is 0.134 e. The summed E-state index contributed by atoms with van der Waals surface area (Å²) in [6.45, 7) is 0. The van der Waals surface area contributed by atoms with E-state index >= 15 is 0 Å². The van der Waals surface area contributed by atoms with Crippen molar-refractivity contribution in [2.45, 2.75) is 4.90 Å². The lowest BCUT2D eigenvalue weighted by Gasteiger charge is -1.95. The fourth-order valence-corrected chi connectivity index (χ4v) is 3.91. The molecule has 1 rings (SSSR count). The Hall–Kier alpha value is 0.570. The molecule has 0 nitrogen and oxygen atoms in total. The van der Waals surface area contributed by atoms with Gasteiger partial charge in [-0.2, -0.15) is 0 Å². The van der Waals surface area contributed by atoms with E-state index in [4.69, 9.17) is 11.8 Å². The molecular weight excluding hydrogens is 199 g/mol. The first kappa shape index (κ1) is 8.66. The van der Waals surface area contributed by atoms with Gasteiger partial charge in [0, 0.05) is 10.00 Å². The van der Waals surface area contributed by atoms with Crippen molar-refractivity contribution in [2.75, 3.05) is 0 Å². The van der Waals surface area contributed by atoms with Crippen LogP contribution >= 0.6 is 28.7 Å². The van der Waals surface area contributed by atoms with Crippen molar-refractivity contribution in [3.05, 3.63) is 30.3 Å². The Labute approximate surface area is 75.7 Å². The molecule has 0 amide bonds. The Kier molecular flexibility index (Phi) is 3.85. The molecule has 0 heterocycles. The van der Waals surface area contributed by atoms with Crippen molar-refractivity contribution in [1.29, 1.82) is 0 Å². The minimum absolute atomic E-state index is 0.893. The molecule has 1 unspecified atom stereocenters. The first-order chi connectivity index (χ1) is 4.79. The highest BCUT2D eigenvalue weighted by atomic mass is 33.2. The molecule has 0 spiro atoms. The Morgan fingerprint density at radius 2 is 1.90 bits per heavy atom. The number of hydrogen-bond acceptors (Lipinski definition) is 2. The Bertz CT molecular complexity index is 222. The van der Waals surface area contributed by atoms with Gasteiger partial charge in [0.1, 0.15) is 0 Å². The quantitative estimate of drug-likeness (QED) is 0.583. The van der Waals surface area contributed by atoms with Gasteiger partial charge < -0.3 is 0 Å². The molecule has 0 aliphatic rings. The van der Waals surface area contributed by atoms with Crippen LogP contribution in [0.4, 0.5) is 0 Å². The van der Waals surface area contributed by atoms with Crippen molar-refractivity contribution in [2.24, 2.45) is 0 Å². The maximum absolute atomic E-state index is 4.99. The van der Waals surface area contributed by atoms with Gasteiger partial charge in [0.2, 0.25) is 0 Å². The summed E-state index contributed by atoms with van der Waals surface area (Å²) in [5, 5.41) is -0.893. The summed E-state index contributed by atoms with van der Waals surface area (Å²) in [4.78, 5) is 1.22. The van der Waals surface area contributed by atoms with Crippen LogP contribution < -0.4 is 0 Å². The second-order valence-corrected chi connectivity index (χ2v) is 9.88. The highest BCUT2D eigenvalue weighted by Crippen LogP contribution is 2.47. The summed E-state index contributed by atoms with van der Waals surface area (Å²) in [5.74, 6) is 0. The zero-order valence-electron chi connectivity index (χ0n) is 5.15.